The van der Waals surface area contributed by atoms with Gasteiger partial charge in [-0.15, -0.1) is 0 Å². The minimum atomic E-state index is 0.423. The van der Waals surface area contributed by atoms with Gasteiger partial charge in [0.15, 0.2) is 0 Å². The molecule has 1 aliphatic heterocycles. The first kappa shape index (κ1) is 12.6. The number of nitrogens with zero attached hydrogens (tertiary/aromatic N) is 1. The first-order valence-electron chi connectivity index (χ1n) is 6.46. The summed E-state index contributed by atoms with van der Waals surface area (Å²) in [7, 11) is 2.21. The molecule has 0 bridgehead atoms. The van der Waals surface area contributed by atoms with Gasteiger partial charge in [0.1, 0.15) is 0 Å². The predicted molar refractivity (Wildman–Crippen MR) is 72.1 cm³/mol. The number of benzene rings is 1. The Balaban J connectivity index is 1.81. The minimum absolute atomic E-state index is 0.423. The fourth-order valence-electron chi connectivity index (χ4n) is 2.26. The molecule has 94 valence electrons. The summed E-state index contributed by atoms with van der Waals surface area (Å²) in [6.45, 7) is 6.61. The third-order valence-electron chi connectivity index (χ3n) is 3.60. The zero-order valence-corrected chi connectivity index (χ0v) is 10.8. The summed E-state index contributed by atoms with van der Waals surface area (Å²) < 4.78 is 0. The van der Waals surface area contributed by atoms with Crippen molar-refractivity contribution >= 4 is 0 Å². The standard InChI is InChI=1S/C14H23N3/c1-12(13-6-4-3-5-7-13)16-11-14-10-15-8-9-17(14)2/h3-7,12,14-16H,8-11H2,1-2H3. The Morgan fingerprint density at radius 1 is 1.41 bits per heavy atom. The van der Waals surface area contributed by atoms with Crippen LogP contribution in [-0.2, 0) is 0 Å². The lowest BCUT2D eigenvalue weighted by Crippen LogP contribution is -2.53. The molecule has 1 saturated heterocycles. The van der Waals surface area contributed by atoms with Crippen molar-refractivity contribution in [2.24, 2.45) is 0 Å². The molecule has 1 heterocycles. The van der Waals surface area contributed by atoms with Crippen LogP contribution in [0.25, 0.3) is 0 Å². The van der Waals surface area contributed by atoms with Gasteiger partial charge in [-0.25, -0.2) is 0 Å². The molecule has 0 aromatic heterocycles. The Kier molecular flexibility index (Phi) is 4.54. The molecule has 1 aromatic rings. The highest BCUT2D eigenvalue weighted by molar-refractivity contribution is 5.18. The Morgan fingerprint density at radius 2 is 2.18 bits per heavy atom. The summed E-state index contributed by atoms with van der Waals surface area (Å²) >= 11 is 0. The molecular formula is C14H23N3. The van der Waals surface area contributed by atoms with E-state index in [9.17, 15) is 0 Å². The molecule has 3 nitrogen and oxygen atoms in total. The second-order valence-electron chi connectivity index (χ2n) is 4.88. The number of likely N-dealkylation sites (N-methyl/N-ethyl adjacent to an activating group) is 1. The highest BCUT2D eigenvalue weighted by Crippen LogP contribution is 2.11. The van der Waals surface area contributed by atoms with Crippen molar-refractivity contribution in [1.82, 2.24) is 15.5 Å². The van der Waals surface area contributed by atoms with E-state index in [2.05, 4.69) is 59.8 Å². The second-order valence-corrected chi connectivity index (χ2v) is 4.88. The van der Waals surface area contributed by atoms with E-state index in [4.69, 9.17) is 0 Å². The van der Waals surface area contributed by atoms with Gasteiger partial charge in [0.2, 0.25) is 0 Å². The van der Waals surface area contributed by atoms with Crippen LogP contribution in [0.2, 0.25) is 0 Å². The van der Waals surface area contributed by atoms with E-state index in [0.29, 0.717) is 12.1 Å². The summed E-state index contributed by atoms with van der Waals surface area (Å²) in [4.78, 5) is 2.43. The lowest BCUT2D eigenvalue weighted by Gasteiger charge is -2.34. The van der Waals surface area contributed by atoms with Crippen molar-refractivity contribution in [3.8, 4) is 0 Å². The van der Waals surface area contributed by atoms with E-state index >= 15 is 0 Å². The van der Waals surface area contributed by atoms with Gasteiger partial charge < -0.3 is 10.6 Å². The molecule has 1 aromatic carbocycles. The third kappa shape index (κ3) is 3.53. The Bertz CT molecular complexity index is 325. The van der Waals surface area contributed by atoms with Crippen LogP contribution in [0.4, 0.5) is 0 Å². The smallest absolute Gasteiger partial charge is 0.0343 e. The highest BCUT2D eigenvalue weighted by Gasteiger charge is 2.18. The average Bonchev–Trinajstić information content (AvgIpc) is 2.38. The molecule has 1 aliphatic rings. The highest BCUT2D eigenvalue weighted by atomic mass is 15.2. The monoisotopic (exact) mass is 233 g/mol. The van der Waals surface area contributed by atoms with Gasteiger partial charge in [-0.3, -0.25) is 4.90 Å². The topological polar surface area (TPSA) is 27.3 Å². The summed E-state index contributed by atoms with van der Waals surface area (Å²) in [5.74, 6) is 0. The maximum Gasteiger partial charge on any atom is 0.0343 e. The van der Waals surface area contributed by atoms with Crippen molar-refractivity contribution < 1.29 is 0 Å². The van der Waals surface area contributed by atoms with Gasteiger partial charge in [-0.2, -0.15) is 0 Å². The zero-order valence-electron chi connectivity index (χ0n) is 10.8. The quantitative estimate of drug-likeness (QED) is 0.819. The largest absolute Gasteiger partial charge is 0.314 e. The van der Waals surface area contributed by atoms with Gasteiger partial charge in [0.25, 0.3) is 0 Å². The van der Waals surface area contributed by atoms with Gasteiger partial charge >= 0.3 is 0 Å². The number of piperazine rings is 1. The SMILES string of the molecule is CC(NCC1CNCCN1C)c1ccccc1. The van der Waals surface area contributed by atoms with Crippen LogP contribution in [0, 0.1) is 0 Å². The molecule has 2 atom stereocenters. The second kappa shape index (κ2) is 6.15. The lowest BCUT2D eigenvalue weighted by atomic mass is 10.1. The fourth-order valence-corrected chi connectivity index (χ4v) is 2.26. The first-order chi connectivity index (χ1) is 8.27. The van der Waals surface area contributed by atoms with Crippen LogP contribution in [0.5, 0.6) is 0 Å². The van der Waals surface area contributed by atoms with E-state index in [1.807, 2.05) is 0 Å². The molecule has 0 spiro atoms. The molecule has 0 radical (unpaired) electrons. The molecule has 2 rings (SSSR count). The lowest BCUT2D eigenvalue weighted by molar-refractivity contribution is 0.192. The Morgan fingerprint density at radius 3 is 2.88 bits per heavy atom. The Hall–Kier alpha value is -0.900. The molecule has 2 unspecified atom stereocenters. The van der Waals surface area contributed by atoms with Crippen molar-refractivity contribution in [3.63, 3.8) is 0 Å². The summed E-state index contributed by atoms with van der Waals surface area (Å²) in [5.41, 5.74) is 1.36. The third-order valence-corrected chi connectivity index (χ3v) is 3.60. The van der Waals surface area contributed by atoms with Crippen LogP contribution in [0.15, 0.2) is 30.3 Å². The van der Waals surface area contributed by atoms with Gasteiger partial charge in [0.05, 0.1) is 0 Å². The Labute approximate surface area is 104 Å². The summed E-state index contributed by atoms with van der Waals surface area (Å²) in [6.07, 6.45) is 0. The molecule has 3 heteroatoms. The summed E-state index contributed by atoms with van der Waals surface area (Å²) in [5, 5.41) is 7.06. The molecule has 0 amide bonds. The van der Waals surface area contributed by atoms with Crippen molar-refractivity contribution in [3.05, 3.63) is 35.9 Å². The minimum Gasteiger partial charge on any atom is -0.314 e. The maximum atomic E-state index is 3.62. The first-order valence-corrected chi connectivity index (χ1v) is 6.46. The predicted octanol–water partition coefficient (Wildman–Crippen LogP) is 1.24. The van der Waals surface area contributed by atoms with E-state index in [1.165, 1.54) is 5.56 Å². The fraction of sp³-hybridized carbons (Fsp3) is 0.571. The van der Waals surface area contributed by atoms with Gasteiger partial charge in [0, 0.05) is 38.3 Å². The summed E-state index contributed by atoms with van der Waals surface area (Å²) in [6, 6.07) is 11.7. The van der Waals surface area contributed by atoms with Crippen LogP contribution >= 0.6 is 0 Å². The van der Waals surface area contributed by atoms with Gasteiger partial charge in [-0.1, -0.05) is 30.3 Å². The number of hydrogen-bond donors (Lipinski definition) is 2. The van der Waals surface area contributed by atoms with E-state index in [-0.39, 0.29) is 0 Å². The van der Waals surface area contributed by atoms with Crippen LogP contribution in [0.3, 0.4) is 0 Å². The molecule has 1 fully saturated rings. The average molecular weight is 233 g/mol. The van der Waals surface area contributed by atoms with Crippen molar-refractivity contribution in [2.75, 3.05) is 33.2 Å². The number of nitrogens with one attached hydrogen (secondary N) is 2. The maximum absolute atomic E-state index is 3.62. The van der Waals surface area contributed by atoms with Crippen molar-refractivity contribution in [1.29, 1.82) is 0 Å². The van der Waals surface area contributed by atoms with E-state index in [0.717, 1.165) is 26.2 Å². The molecule has 0 saturated carbocycles. The number of rotatable bonds is 4. The normalized spacial score (nSPS) is 23.5. The number of hydrogen-bond acceptors (Lipinski definition) is 3. The van der Waals surface area contributed by atoms with Crippen molar-refractivity contribution in [2.45, 2.75) is 19.0 Å². The zero-order chi connectivity index (χ0) is 12.1. The molecule has 0 aliphatic carbocycles. The van der Waals surface area contributed by atoms with E-state index in [1.54, 1.807) is 0 Å². The van der Waals surface area contributed by atoms with E-state index < -0.39 is 0 Å². The molecular weight excluding hydrogens is 210 g/mol. The van der Waals surface area contributed by atoms with Gasteiger partial charge in [-0.05, 0) is 19.5 Å². The molecule has 17 heavy (non-hydrogen) atoms. The van der Waals surface area contributed by atoms with Crippen LogP contribution in [-0.4, -0.2) is 44.2 Å². The molecule has 2 N–H and O–H groups in total. The van der Waals surface area contributed by atoms with Crippen LogP contribution in [0.1, 0.15) is 18.5 Å². The van der Waals surface area contributed by atoms with Crippen LogP contribution < -0.4 is 10.6 Å².